The van der Waals surface area contributed by atoms with Crippen molar-refractivity contribution in [1.82, 2.24) is 0 Å². The third kappa shape index (κ3) is 2.24. The zero-order chi connectivity index (χ0) is 11.8. The van der Waals surface area contributed by atoms with Crippen LogP contribution in [0, 0.1) is 0 Å². The van der Waals surface area contributed by atoms with Gasteiger partial charge < -0.3 is 0 Å². The number of hydrogen-bond donors (Lipinski definition) is 0. The van der Waals surface area contributed by atoms with Crippen LogP contribution in [0.2, 0.25) is 4.82 Å². The van der Waals surface area contributed by atoms with Gasteiger partial charge in [0.15, 0.2) is 0 Å². The van der Waals surface area contributed by atoms with Crippen LogP contribution < -0.4 is 4.46 Å². The van der Waals surface area contributed by atoms with Crippen LogP contribution in [0.3, 0.4) is 0 Å². The summed E-state index contributed by atoms with van der Waals surface area (Å²) in [6.45, 7) is 0. The predicted octanol–water partition coefficient (Wildman–Crippen LogP) is 1.70. The number of carbonyl (C=O) groups is 1. The normalized spacial score (nSPS) is 36.2. The van der Waals surface area contributed by atoms with E-state index in [0.29, 0.717) is 26.2 Å². The zero-order valence-electron chi connectivity index (χ0n) is 9.21. The molecule has 90 valence electrons. The van der Waals surface area contributed by atoms with E-state index in [1.807, 2.05) is 6.07 Å². The number of benzene rings is 1. The van der Waals surface area contributed by atoms with E-state index >= 15 is 0 Å². The summed E-state index contributed by atoms with van der Waals surface area (Å²) >= 11 is 4.05. The molecule has 3 rings (SSSR count). The molecule has 0 unspecified atom stereocenters. The molecule has 17 heavy (non-hydrogen) atoms. The molecular weight excluding hydrogens is 347 g/mol. The van der Waals surface area contributed by atoms with E-state index in [4.69, 9.17) is 4.74 Å². The van der Waals surface area contributed by atoms with Crippen molar-refractivity contribution in [2.75, 3.05) is 0 Å². The average Bonchev–Trinajstić information content (AvgIpc) is 2.61. The van der Waals surface area contributed by atoms with E-state index in [-0.39, 0.29) is 22.8 Å². The molecule has 2 aliphatic rings. The summed E-state index contributed by atoms with van der Waals surface area (Å²) in [4.78, 5) is 12.4. The number of ketones is 1. The molecule has 0 aliphatic carbocycles. The fourth-order valence-electron chi connectivity index (χ4n) is 2.43. The van der Waals surface area contributed by atoms with Crippen molar-refractivity contribution >= 4 is 41.1 Å². The van der Waals surface area contributed by atoms with Gasteiger partial charge in [0.2, 0.25) is 0 Å². The first-order chi connectivity index (χ1) is 8.25. The van der Waals surface area contributed by atoms with Gasteiger partial charge in [0.25, 0.3) is 0 Å². The zero-order valence-corrected chi connectivity index (χ0v) is 12.5. The van der Waals surface area contributed by atoms with Gasteiger partial charge in [0.1, 0.15) is 0 Å². The van der Waals surface area contributed by atoms with Gasteiger partial charge in [-0.05, 0) is 0 Å². The number of fused-ring (bicyclic) bond motifs is 2. The molecule has 4 heteroatoms. The van der Waals surface area contributed by atoms with Gasteiger partial charge in [-0.3, -0.25) is 0 Å². The Balaban J connectivity index is 1.78. The van der Waals surface area contributed by atoms with Gasteiger partial charge in [-0.1, -0.05) is 0 Å². The third-order valence-corrected chi connectivity index (χ3v) is 8.10. The Morgan fingerprint density at radius 2 is 2.06 bits per heavy atom. The average molecular weight is 360 g/mol. The van der Waals surface area contributed by atoms with Gasteiger partial charge in [0, 0.05) is 0 Å². The Kier molecular flexibility index (Phi) is 3.40. The second-order valence-corrected chi connectivity index (χ2v) is 8.12. The van der Waals surface area contributed by atoms with Crippen molar-refractivity contribution in [3.63, 3.8) is 0 Å². The molecule has 2 aliphatic heterocycles. The van der Waals surface area contributed by atoms with Gasteiger partial charge >= 0.3 is 116 Å². The number of ether oxygens (including phenoxy) is 1. The molecule has 2 nitrogen and oxygen atoms in total. The molecule has 0 N–H and O–H groups in total. The van der Waals surface area contributed by atoms with Gasteiger partial charge in [-0.15, -0.1) is 0 Å². The van der Waals surface area contributed by atoms with Crippen LogP contribution in [-0.2, 0) is 9.53 Å². The summed E-state index contributed by atoms with van der Waals surface area (Å²) in [7, 11) is 0. The third-order valence-electron chi connectivity index (χ3n) is 3.30. The first-order valence-corrected chi connectivity index (χ1v) is 8.56. The molecule has 1 aromatic carbocycles. The number of rotatable bonds is 2. The minimum absolute atomic E-state index is 0.190. The second kappa shape index (κ2) is 4.85. The Hall–Kier alpha value is -0.151. The maximum absolute atomic E-state index is 11.7. The van der Waals surface area contributed by atoms with Crippen molar-refractivity contribution in [3.8, 4) is 0 Å². The fraction of sp³-hybridized carbons (Fsp3) is 0.462. The first kappa shape index (κ1) is 11.9. The summed E-state index contributed by atoms with van der Waals surface area (Å²) in [5.74, 6) is 0.273. The summed E-state index contributed by atoms with van der Waals surface area (Å²) < 4.78 is 7.21. The van der Waals surface area contributed by atoms with Crippen LogP contribution >= 0.6 is 15.9 Å². The minimum atomic E-state index is -0.190. The van der Waals surface area contributed by atoms with Crippen molar-refractivity contribution in [2.24, 2.45) is 0 Å². The molecule has 0 spiro atoms. The molecule has 2 fully saturated rings. The van der Waals surface area contributed by atoms with Crippen LogP contribution in [-0.4, -0.2) is 37.8 Å². The van der Waals surface area contributed by atoms with Crippen LogP contribution in [0.15, 0.2) is 30.3 Å². The van der Waals surface area contributed by atoms with E-state index in [0.717, 1.165) is 6.42 Å². The summed E-state index contributed by atoms with van der Waals surface area (Å²) in [6.07, 6.45) is 1.68. The van der Waals surface area contributed by atoms with E-state index < -0.39 is 0 Å². The van der Waals surface area contributed by atoms with E-state index in [2.05, 4.69) is 40.2 Å². The van der Waals surface area contributed by atoms with E-state index in [9.17, 15) is 4.79 Å². The number of halogens is 1. The molecule has 2 heterocycles. The number of alkyl halides is 1. The molecule has 4 atom stereocenters. The van der Waals surface area contributed by atoms with Gasteiger partial charge in [-0.2, -0.15) is 0 Å². The standard InChI is InChI=1S/C13H13BrO2Se/c14-11-12-9(15)6-7-10(16-12)13(11)17-8-4-2-1-3-5-8/h1-5,10-13H,6-7H2/t10-,11-,12+,13-/m1/s1. The monoisotopic (exact) mass is 360 g/mol. The molecular formula is C13H13BrO2Se. The SMILES string of the molecule is O=C1CC[C@H]2O[C@@H]1[C@@H](Br)[C@@H]2[Se]c1ccccc1. The Labute approximate surface area is 115 Å². The molecule has 0 saturated carbocycles. The summed E-state index contributed by atoms with van der Waals surface area (Å²) in [6, 6.07) is 10.5. The number of carbonyl (C=O) groups excluding carboxylic acids is 1. The summed E-state index contributed by atoms with van der Waals surface area (Å²) in [5, 5.41) is 0. The first-order valence-electron chi connectivity index (χ1n) is 5.79. The van der Waals surface area contributed by atoms with Crippen LogP contribution in [0.1, 0.15) is 12.8 Å². The molecule has 2 saturated heterocycles. The van der Waals surface area contributed by atoms with Crippen molar-refractivity contribution in [3.05, 3.63) is 30.3 Å². The van der Waals surface area contributed by atoms with Crippen LogP contribution in [0.5, 0.6) is 0 Å². The maximum atomic E-state index is 11.7. The summed E-state index contributed by atoms with van der Waals surface area (Å²) in [5.41, 5.74) is 0. The molecule has 0 radical (unpaired) electrons. The molecule has 1 aromatic rings. The Morgan fingerprint density at radius 3 is 2.76 bits per heavy atom. The Morgan fingerprint density at radius 1 is 1.29 bits per heavy atom. The van der Waals surface area contributed by atoms with E-state index in [1.54, 1.807) is 0 Å². The fourth-order valence-corrected chi connectivity index (χ4v) is 6.38. The van der Waals surface area contributed by atoms with Crippen molar-refractivity contribution in [2.45, 2.75) is 34.7 Å². The second-order valence-electron chi connectivity index (χ2n) is 4.44. The quantitative estimate of drug-likeness (QED) is 0.593. The number of hydrogen-bond acceptors (Lipinski definition) is 2. The van der Waals surface area contributed by atoms with Gasteiger partial charge in [0.05, 0.1) is 0 Å². The van der Waals surface area contributed by atoms with Crippen LogP contribution in [0.4, 0.5) is 0 Å². The molecule has 0 amide bonds. The number of Topliss-reactive ketones (excluding diaryl/α,β-unsaturated/α-hetero) is 1. The van der Waals surface area contributed by atoms with Crippen molar-refractivity contribution < 1.29 is 9.53 Å². The molecule has 2 bridgehead atoms. The topological polar surface area (TPSA) is 26.3 Å². The van der Waals surface area contributed by atoms with E-state index in [1.165, 1.54) is 4.46 Å². The molecule has 0 aromatic heterocycles. The van der Waals surface area contributed by atoms with Crippen LogP contribution in [0.25, 0.3) is 0 Å². The van der Waals surface area contributed by atoms with Crippen molar-refractivity contribution in [1.29, 1.82) is 0 Å². The predicted molar refractivity (Wildman–Crippen MR) is 71.2 cm³/mol. The Bertz CT molecular complexity index is 423. The van der Waals surface area contributed by atoms with Gasteiger partial charge in [-0.25, -0.2) is 0 Å².